The van der Waals surface area contributed by atoms with Crippen molar-refractivity contribution in [1.29, 1.82) is 0 Å². The van der Waals surface area contributed by atoms with Crippen molar-refractivity contribution in [3.8, 4) is 0 Å². The minimum absolute atomic E-state index is 0. The fourth-order valence-electron chi connectivity index (χ4n) is 7.03. The van der Waals surface area contributed by atoms with E-state index >= 15 is 0 Å². The lowest BCUT2D eigenvalue weighted by molar-refractivity contribution is -0.171. The third kappa shape index (κ3) is 2.87. The predicted octanol–water partition coefficient (Wildman–Crippen LogP) is 3.46. The molecule has 5 fully saturated rings. The van der Waals surface area contributed by atoms with Crippen LogP contribution in [0.2, 0.25) is 0 Å². The van der Waals surface area contributed by atoms with Crippen LogP contribution >= 0.6 is 24.0 Å². The van der Waals surface area contributed by atoms with Crippen molar-refractivity contribution >= 4 is 29.9 Å². The van der Waals surface area contributed by atoms with Gasteiger partial charge < -0.3 is 20.1 Å². The monoisotopic (exact) mass is 489 g/mol. The zero-order valence-electron chi connectivity index (χ0n) is 16.8. The molecular weight excluding hydrogens is 453 g/mol. The first-order chi connectivity index (χ1) is 12.7. The van der Waals surface area contributed by atoms with Crippen LogP contribution in [0.3, 0.4) is 0 Å². The van der Waals surface area contributed by atoms with Crippen LogP contribution in [0.1, 0.15) is 64.7 Å². The summed E-state index contributed by atoms with van der Waals surface area (Å²) < 4.78 is 12.1. The van der Waals surface area contributed by atoms with Crippen LogP contribution < -0.4 is 10.6 Å². The van der Waals surface area contributed by atoms with Gasteiger partial charge in [-0.1, -0.05) is 19.3 Å². The number of guanidine groups is 1. The maximum atomic E-state index is 6.07. The summed E-state index contributed by atoms with van der Waals surface area (Å²) in [7, 11) is 1.92. The van der Waals surface area contributed by atoms with Gasteiger partial charge in [-0.15, -0.1) is 24.0 Å². The Morgan fingerprint density at radius 1 is 1.11 bits per heavy atom. The lowest BCUT2D eigenvalue weighted by atomic mass is 9.46. The summed E-state index contributed by atoms with van der Waals surface area (Å²) in [4.78, 5) is 4.61. The third-order valence-electron chi connectivity index (χ3n) is 8.55. The van der Waals surface area contributed by atoms with E-state index in [1.165, 1.54) is 51.4 Å². The first-order valence-electron chi connectivity index (χ1n) is 11.0. The number of fused-ring (bicyclic) bond motifs is 2. The molecule has 6 heteroatoms. The van der Waals surface area contributed by atoms with Crippen LogP contribution in [0, 0.1) is 16.7 Å². The number of nitrogens with zero attached hydrogens (tertiary/aromatic N) is 1. The van der Waals surface area contributed by atoms with Crippen molar-refractivity contribution in [3.63, 3.8) is 0 Å². The molecule has 1 aliphatic heterocycles. The Labute approximate surface area is 180 Å². The van der Waals surface area contributed by atoms with Gasteiger partial charge in [0.1, 0.15) is 0 Å². The SMILES string of the molecule is CCOC1CC(NC(=NC)NC2C3CCOC3C23CCC3)C12CCCC2.I. The number of hydrogen-bond acceptors (Lipinski definition) is 3. The van der Waals surface area contributed by atoms with Gasteiger partial charge in [0.05, 0.1) is 12.2 Å². The molecule has 4 saturated carbocycles. The first kappa shape index (κ1) is 20.2. The van der Waals surface area contributed by atoms with Gasteiger partial charge in [0.2, 0.25) is 0 Å². The molecule has 4 aliphatic carbocycles. The highest BCUT2D eigenvalue weighted by atomic mass is 127. The van der Waals surface area contributed by atoms with E-state index in [-0.39, 0.29) is 24.0 Å². The van der Waals surface area contributed by atoms with E-state index < -0.39 is 0 Å². The van der Waals surface area contributed by atoms with E-state index in [1.807, 2.05) is 7.05 Å². The molecule has 5 aliphatic rings. The lowest BCUT2D eigenvalue weighted by Gasteiger charge is -2.63. The molecule has 27 heavy (non-hydrogen) atoms. The van der Waals surface area contributed by atoms with Crippen molar-refractivity contribution in [1.82, 2.24) is 10.6 Å². The highest BCUT2D eigenvalue weighted by Crippen LogP contribution is 2.62. The Hall–Kier alpha value is -0.0800. The lowest BCUT2D eigenvalue weighted by Crippen LogP contribution is -2.73. The Morgan fingerprint density at radius 3 is 2.48 bits per heavy atom. The molecule has 5 rings (SSSR count). The summed E-state index contributed by atoms with van der Waals surface area (Å²) >= 11 is 0. The molecule has 5 nitrogen and oxygen atoms in total. The van der Waals surface area contributed by atoms with Gasteiger partial charge in [-0.05, 0) is 45.4 Å². The molecule has 5 atom stereocenters. The fraction of sp³-hybridized carbons (Fsp3) is 0.952. The molecule has 5 unspecified atom stereocenters. The standard InChI is InChI=1S/C21H35N3O2.HI/c1-3-25-16-13-15(20(16)8-4-5-9-20)23-19(22-2)24-17-14-7-12-26-18(14)21(17)10-6-11-21;/h14-18H,3-13H2,1-2H3,(H2,22,23,24);1H. The molecule has 0 aromatic rings. The molecule has 1 heterocycles. The van der Waals surface area contributed by atoms with E-state index in [9.17, 15) is 0 Å². The number of aliphatic imine (C=N–C) groups is 1. The summed E-state index contributed by atoms with van der Waals surface area (Å²) in [5.41, 5.74) is 0.748. The Morgan fingerprint density at radius 2 is 1.85 bits per heavy atom. The summed E-state index contributed by atoms with van der Waals surface area (Å²) in [5.74, 6) is 1.70. The second-order valence-corrected chi connectivity index (χ2v) is 9.34. The van der Waals surface area contributed by atoms with Crippen molar-refractivity contribution in [2.45, 2.75) is 89.0 Å². The first-order valence-corrected chi connectivity index (χ1v) is 11.0. The maximum Gasteiger partial charge on any atom is 0.191 e. The van der Waals surface area contributed by atoms with Crippen molar-refractivity contribution < 1.29 is 9.47 Å². The molecule has 0 radical (unpaired) electrons. The van der Waals surface area contributed by atoms with Crippen molar-refractivity contribution in [2.75, 3.05) is 20.3 Å². The molecule has 0 bridgehead atoms. The van der Waals surface area contributed by atoms with E-state index in [0.29, 0.717) is 41.0 Å². The molecule has 1 saturated heterocycles. The van der Waals surface area contributed by atoms with Gasteiger partial charge in [0.15, 0.2) is 5.96 Å². The minimum atomic E-state index is 0. The van der Waals surface area contributed by atoms with Gasteiger partial charge in [-0.25, -0.2) is 0 Å². The van der Waals surface area contributed by atoms with Crippen LogP contribution in [0.4, 0.5) is 0 Å². The number of halogens is 1. The largest absolute Gasteiger partial charge is 0.378 e. The average Bonchev–Trinajstić information content (AvgIpc) is 3.25. The highest BCUT2D eigenvalue weighted by molar-refractivity contribution is 14.0. The van der Waals surface area contributed by atoms with Crippen LogP contribution in [-0.4, -0.2) is 50.5 Å². The molecule has 0 aromatic carbocycles. The molecule has 0 amide bonds. The van der Waals surface area contributed by atoms with Gasteiger partial charge >= 0.3 is 0 Å². The van der Waals surface area contributed by atoms with E-state index in [1.54, 1.807) is 0 Å². The second-order valence-electron chi connectivity index (χ2n) is 9.34. The zero-order chi connectivity index (χ0) is 17.8. The number of nitrogens with one attached hydrogen (secondary N) is 2. The Bertz CT molecular complexity index is 574. The van der Waals surface area contributed by atoms with E-state index in [2.05, 4.69) is 22.5 Å². The third-order valence-corrected chi connectivity index (χ3v) is 8.55. The normalized spacial score (nSPS) is 40.5. The molecular formula is C21H36IN3O2. The molecule has 2 N–H and O–H groups in total. The summed E-state index contributed by atoms with van der Waals surface area (Å²) in [6.45, 7) is 3.90. The number of ether oxygens (including phenoxy) is 2. The predicted molar refractivity (Wildman–Crippen MR) is 118 cm³/mol. The molecule has 154 valence electrons. The van der Waals surface area contributed by atoms with Crippen LogP contribution in [0.5, 0.6) is 0 Å². The Balaban J connectivity index is 0.00000180. The molecule has 2 spiro atoms. The summed E-state index contributed by atoms with van der Waals surface area (Å²) in [6.07, 6.45) is 12.6. The van der Waals surface area contributed by atoms with Crippen LogP contribution in [-0.2, 0) is 9.47 Å². The van der Waals surface area contributed by atoms with Crippen molar-refractivity contribution in [3.05, 3.63) is 0 Å². The summed E-state index contributed by atoms with van der Waals surface area (Å²) in [6, 6.07) is 1.07. The smallest absolute Gasteiger partial charge is 0.191 e. The molecule has 0 aromatic heterocycles. The quantitative estimate of drug-likeness (QED) is 0.361. The topological polar surface area (TPSA) is 54.9 Å². The minimum Gasteiger partial charge on any atom is -0.378 e. The number of rotatable bonds is 4. The van der Waals surface area contributed by atoms with Crippen LogP contribution in [0.25, 0.3) is 0 Å². The van der Waals surface area contributed by atoms with Crippen LogP contribution in [0.15, 0.2) is 4.99 Å². The van der Waals surface area contributed by atoms with Gasteiger partial charge in [-0.2, -0.15) is 0 Å². The average molecular weight is 489 g/mol. The van der Waals surface area contributed by atoms with E-state index in [0.717, 1.165) is 25.6 Å². The summed E-state index contributed by atoms with van der Waals surface area (Å²) in [5, 5.41) is 7.65. The number of hydrogen-bond donors (Lipinski definition) is 2. The van der Waals surface area contributed by atoms with Gasteiger partial charge in [0.25, 0.3) is 0 Å². The maximum absolute atomic E-state index is 6.07. The highest BCUT2D eigenvalue weighted by Gasteiger charge is 2.67. The Kier molecular flexibility index (Phi) is 5.71. The second kappa shape index (κ2) is 7.63. The zero-order valence-corrected chi connectivity index (χ0v) is 19.2. The van der Waals surface area contributed by atoms with Crippen molar-refractivity contribution in [2.24, 2.45) is 21.7 Å². The van der Waals surface area contributed by atoms with Gasteiger partial charge in [0, 0.05) is 49.1 Å². The van der Waals surface area contributed by atoms with E-state index in [4.69, 9.17) is 9.47 Å². The fourth-order valence-corrected chi connectivity index (χ4v) is 7.03. The van der Waals surface area contributed by atoms with Gasteiger partial charge in [-0.3, -0.25) is 4.99 Å².